The summed E-state index contributed by atoms with van der Waals surface area (Å²) in [7, 11) is 0. The number of aryl methyl sites for hydroxylation is 2. The molecule has 0 spiro atoms. The van der Waals surface area contributed by atoms with E-state index in [1.807, 2.05) is 6.92 Å². The third-order valence-corrected chi connectivity index (χ3v) is 5.82. The van der Waals surface area contributed by atoms with Crippen LogP contribution in [0.25, 0.3) is 0 Å². The second-order valence-corrected chi connectivity index (χ2v) is 7.78. The Morgan fingerprint density at radius 3 is 2.45 bits per heavy atom. The zero-order chi connectivity index (χ0) is 21.1. The number of nitrogens with zero attached hydrogens (tertiary/aromatic N) is 3. The molecule has 1 unspecified atom stereocenters. The molecule has 0 radical (unpaired) electrons. The molecule has 1 saturated heterocycles. The molecule has 7 nitrogen and oxygen atoms in total. The Kier molecular flexibility index (Phi) is 6.70. The van der Waals surface area contributed by atoms with Gasteiger partial charge in [-0.1, -0.05) is 34.4 Å². The molecule has 2 amide bonds. The van der Waals surface area contributed by atoms with Gasteiger partial charge in [0.1, 0.15) is 16.5 Å². The Balaban J connectivity index is 1.53. The molecule has 3 rings (SSSR count). The van der Waals surface area contributed by atoms with Crippen molar-refractivity contribution in [2.24, 2.45) is 0 Å². The van der Waals surface area contributed by atoms with Crippen molar-refractivity contribution >= 4 is 35.0 Å². The highest BCUT2D eigenvalue weighted by atomic mass is 35.5. The second kappa shape index (κ2) is 9.05. The summed E-state index contributed by atoms with van der Waals surface area (Å²) in [6, 6.07) is 5.04. The maximum atomic E-state index is 12.7. The van der Waals surface area contributed by atoms with E-state index in [4.69, 9.17) is 32.5 Å². The fraction of sp³-hybridized carbons (Fsp3) is 0.450. The summed E-state index contributed by atoms with van der Waals surface area (Å²) in [5.41, 5.74) is 1.56. The Morgan fingerprint density at radius 2 is 1.83 bits per heavy atom. The van der Waals surface area contributed by atoms with Crippen molar-refractivity contribution in [1.29, 1.82) is 0 Å². The quantitative estimate of drug-likeness (QED) is 0.714. The van der Waals surface area contributed by atoms with Crippen LogP contribution in [0.2, 0.25) is 10.0 Å². The molecule has 0 bridgehead atoms. The van der Waals surface area contributed by atoms with Crippen LogP contribution in [0.5, 0.6) is 5.75 Å². The monoisotopic (exact) mass is 439 g/mol. The molecule has 2 aromatic rings. The number of hydrogen-bond donors (Lipinski definition) is 0. The van der Waals surface area contributed by atoms with Crippen LogP contribution in [-0.2, 0) is 16.0 Å². The van der Waals surface area contributed by atoms with E-state index in [2.05, 4.69) is 5.16 Å². The topological polar surface area (TPSA) is 75.9 Å². The van der Waals surface area contributed by atoms with E-state index >= 15 is 0 Å². The second-order valence-electron chi connectivity index (χ2n) is 7.00. The molecule has 156 valence electrons. The molecule has 0 aliphatic carbocycles. The van der Waals surface area contributed by atoms with Crippen molar-refractivity contribution < 1.29 is 18.8 Å². The van der Waals surface area contributed by atoms with Crippen LogP contribution >= 0.6 is 23.2 Å². The highest BCUT2D eigenvalue weighted by Crippen LogP contribution is 2.32. The molecule has 1 atom stereocenters. The number of carbonyl (C=O) groups excluding carboxylic acids is 2. The van der Waals surface area contributed by atoms with E-state index in [9.17, 15) is 9.59 Å². The van der Waals surface area contributed by atoms with E-state index in [0.717, 1.165) is 11.3 Å². The lowest BCUT2D eigenvalue weighted by molar-refractivity contribution is -0.143. The first kappa shape index (κ1) is 21.5. The number of rotatable bonds is 5. The molecule has 2 heterocycles. The molecule has 1 aliphatic rings. The molecule has 29 heavy (non-hydrogen) atoms. The van der Waals surface area contributed by atoms with Crippen molar-refractivity contribution in [2.45, 2.75) is 33.3 Å². The van der Waals surface area contributed by atoms with E-state index in [-0.39, 0.29) is 23.3 Å². The standard InChI is InChI=1S/C20H23Cl2N3O4/c1-12-15(13(2)29-23-12)11-18(26)24-7-9-25(10-8-24)20(27)14(3)28-17-6-4-5-16(21)19(17)22/h4-6,14H,7-11H2,1-3H3. The normalized spacial score (nSPS) is 15.3. The van der Waals surface area contributed by atoms with E-state index in [0.29, 0.717) is 42.7 Å². The van der Waals surface area contributed by atoms with Gasteiger partial charge >= 0.3 is 0 Å². The summed E-state index contributed by atoms with van der Waals surface area (Å²) in [5, 5.41) is 4.54. The van der Waals surface area contributed by atoms with Gasteiger partial charge in [0.05, 0.1) is 17.1 Å². The smallest absolute Gasteiger partial charge is 0.263 e. The van der Waals surface area contributed by atoms with Crippen LogP contribution < -0.4 is 4.74 Å². The predicted molar refractivity (Wildman–Crippen MR) is 109 cm³/mol. The van der Waals surface area contributed by atoms with Crippen molar-refractivity contribution in [2.75, 3.05) is 26.2 Å². The maximum absolute atomic E-state index is 12.7. The van der Waals surface area contributed by atoms with Crippen molar-refractivity contribution in [3.8, 4) is 5.75 Å². The minimum absolute atomic E-state index is 0.00140. The molecule has 1 fully saturated rings. The molecule has 9 heteroatoms. The lowest BCUT2D eigenvalue weighted by atomic mass is 10.1. The molecule has 1 aromatic heterocycles. The summed E-state index contributed by atoms with van der Waals surface area (Å²) in [6.07, 6.45) is -0.461. The summed E-state index contributed by atoms with van der Waals surface area (Å²) in [4.78, 5) is 28.8. The highest BCUT2D eigenvalue weighted by Gasteiger charge is 2.29. The average Bonchev–Trinajstić information content (AvgIpc) is 3.03. The summed E-state index contributed by atoms with van der Waals surface area (Å²) in [5.74, 6) is 0.879. The molecule has 1 aliphatic heterocycles. The predicted octanol–water partition coefficient (Wildman–Crippen LogP) is 3.28. The zero-order valence-corrected chi connectivity index (χ0v) is 18.1. The molecule has 1 aromatic carbocycles. The van der Waals surface area contributed by atoms with Gasteiger partial charge in [-0.15, -0.1) is 0 Å². The Bertz CT molecular complexity index is 888. The average molecular weight is 440 g/mol. The number of piperazine rings is 1. The lowest BCUT2D eigenvalue weighted by Gasteiger charge is -2.36. The number of amides is 2. The van der Waals surface area contributed by atoms with Crippen molar-refractivity contribution in [1.82, 2.24) is 15.0 Å². The number of hydrogen-bond acceptors (Lipinski definition) is 5. The van der Waals surface area contributed by atoms with Gasteiger partial charge in [-0.2, -0.15) is 0 Å². The summed E-state index contributed by atoms with van der Waals surface area (Å²) in [6.45, 7) is 7.13. The van der Waals surface area contributed by atoms with Gasteiger partial charge in [0, 0.05) is 31.7 Å². The van der Waals surface area contributed by atoms with Crippen molar-refractivity contribution in [3.05, 3.63) is 45.3 Å². The summed E-state index contributed by atoms with van der Waals surface area (Å²) >= 11 is 12.1. The van der Waals surface area contributed by atoms with Gasteiger partial charge in [-0.3, -0.25) is 9.59 Å². The molecule has 0 N–H and O–H groups in total. The first-order valence-electron chi connectivity index (χ1n) is 9.37. The SMILES string of the molecule is Cc1noc(C)c1CC(=O)N1CCN(C(=O)C(C)Oc2cccc(Cl)c2Cl)CC1. The number of aromatic nitrogens is 1. The molecular formula is C20H23Cl2N3O4. The van der Waals surface area contributed by atoms with E-state index in [1.165, 1.54) is 0 Å². The number of ether oxygens (including phenoxy) is 1. The molecule has 0 saturated carbocycles. The van der Waals surface area contributed by atoms with Crippen LogP contribution in [0.1, 0.15) is 23.9 Å². The van der Waals surface area contributed by atoms with Crippen LogP contribution in [0.15, 0.2) is 22.7 Å². The van der Waals surface area contributed by atoms with Gasteiger partial charge in [0.15, 0.2) is 6.10 Å². The van der Waals surface area contributed by atoms with Gasteiger partial charge < -0.3 is 19.1 Å². The number of carbonyl (C=O) groups is 2. The van der Waals surface area contributed by atoms with Gasteiger partial charge in [0.2, 0.25) is 5.91 Å². The number of benzene rings is 1. The van der Waals surface area contributed by atoms with Crippen LogP contribution in [0.3, 0.4) is 0 Å². The van der Waals surface area contributed by atoms with Crippen LogP contribution in [-0.4, -0.2) is 59.1 Å². The lowest BCUT2D eigenvalue weighted by Crippen LogP contribution is -2.53. The Morgan fingerprint density at radius 1 is 1.17 bits per heavy atom. The van der Waals surface area contributed by atoms with Crippen molar-refractivity contribution in [3.63, 3.8) is 0 Å². The van der Waals surface area contributed by atoms with Crippen LogP contribution in [0, 0.1) is 13.8 Å². The highest BCUT2D eigenvalue weighted by molar-refractivity contribution is 6.42. The van der Waals surface area contributed by atoms with Crippen LogP contribution in [0.4, 0.5) is 0 Å². The first-order valence-corrected chi connectivity index (χ1v) is 10.1. The first-order chi connectivity index (χ1) is 13.8. The minimum Gasteiger partial charge on any atom is -0.479 e. The molecular weight excluding hydrogens is 417 g/mol. The summed E-state index contributed by atoms with van der Waals surface area (Å²) < 4.78 is 10.8. The minimum atomic E-state index is -0.712. The Labute approximate surface area is 179 Å². The van der Waals surface area contributed by atoms with Gasteiger partial charge in [-0.25, -0.2) is 0 Å². The maximum Gasteiger partial charge on any atom is 0.263 e. The van der Waals surface area contributed by atoms with Gasteiger partial charge in [0.25, 0.3) is 5.91 Å². The zero-order valence-electron chi connectivity index (χ0n) is 16.6. The van der Waals surface area contributed by atoms with E-state index < -0.39 is 6.10 Å². The fourth-order valence-electron chi connectivity index (χ4n) is 3.27. The van der Waals surface area contributed by atoms with Gasteiger partial charge in [-0.05, 0) is 32.9 Å². The number of halogens is 2. The fourth-order valence-corrected chi connectivity index (χ4v) is 3.60. The van der Waals surface area contributed by atoms with E-state index in [1.54, 1.807) is 41.8 Å². The Hall–Kier alpha value is -2.25. The largest absolute Gasteiger partial charge is 0.479 e. The third kappa shape index (κ3) is 4.85. The third-order valence-electron chi connectivity index (χ3n) is 5.02.